The predicted octanol–water partition coefficient (Wildman–Crippen LogP) is 2.66. The maximum atomic E-state index is 13.8. The lowest BCUT2D eigenvalue weighted by molar-refractivity contribution is -0.195. The van der Waals surface area contributed by atoms with Crippen LogP contribution in [0.1, 0.15) is 25.3 Å². The first kappa shape index (κ1) is 16.2. The molecule has 1 saturated carbocycles. The third-order valence-corrected chi connectivity index (χ3v) is 5.81. The van der Waals surface area contributed by atoms with Crippen molar-refractivity contribution in [3.8, 4) is 0 Å². The largest absolute Gasteiger partial charge is 0.481 e. The molecule has 134 valence electrons. The number of alkyl halides is 3. The molecule has 0 radical (unpaired) electrons. The molecule has 3 atom stereocenters. The number of carbonyl (C=O) groups is 1. The highest BCUT2D eigenvalue weighted by molar-refractivity contribution is 5.86. The average Bonchev–Trinajstić information content (AvgIpc) is 2.87. The molecule has 4 rings (SSSR count). The Kier molecular flexibility index (Phi) is 3.00. The van der Waals surface area contributed by atoms with Gasteiger partial charge in [0, 0.05) is 18.8 Å². The van der Waals surface area contributed by atoms with Crippen LogP contribution < -0.4 is 4.90 Å². The van der Waals surface area contributed by atoms with Gasteiger partial charge in [0.1, 0.15) is 17.2 Å². The Labute approximate surface area is 141 Å². The van der Waals surface area contributed by atoms with Crippen molar-refractivity contribution in [2.24, 2.45) is 10.8 Å². The van der Waals surface area contributed by atoms with Crippen LogP contribution in [-0.2, 0) is 4.79 Å². The maximum absolute atomic E-state index is 13.8. The Hall–Kier alpha value is -2.32. The van der Waals surface area contributed by atoms with Gasteiger partial charge in [0.15, 0.2) is 5.65 Å². The third kappa shape index (κ3) is 1.78. The van der Waals surface area contributed by atoms with Gasteiger partial charge in [0.25, 0.3) is 0 Å². The van der Waals surface area contributed by atoms with E-state index >= 15 is 0 Å². The van der Waals surface area contributed by atoms with Gasteiger partial charge in [-0.2, -0.15) is 18.3 Å². The van der Waals surface area contributed by atoms with Crippen molar-refractivity contribution in [2.75, 3.05) is 11.4 Å². The number of hydrogen-bond acceptors (Lipinski definition) is 4. The molecule has 9 heteroatoms. The first-order valence-corrected chi connectivity index (χ1v) is 8.05. The van der Waals surface area contributed by atoms with E-state index in [1.54, 1.807) is 24.1 Å². The van der Waals surface area contributed by atoms with Crippen LogP contribution in [0.4, 0.5) is 18.9 Å². The fourth-order valence-electron chi connectivity index (χ4n) is 4.67. The molecule has 2 aliphatic rings. The Bertz CT molecular complexity index is 880. The minimum Gasteiger partial charge on any atom is -0.481 e. The van der Waals surface area contributed by atoms with Gasteiger partial charge in [-0.1, -0.05) is 6.92 Å². The summed E-state index contributed by atoms with van der Waals surface area (Å²) in [5, 5.41) is 13.7. The van der Waals surface area contributed by atoms with E-state index in [-0.39, 0.29) is 13.0 Å². The highest BCUT2D eigenvalue weighted by atomic mass is 19.4. The topological polar surface area (TPSA) is 70.7 Å². The zero-order valence-electron chi connectivity index (χ0n) is 13.7. The van der Waals surface area contributed by atoms with E-state index in [0.717, 1.165) is 5.56 Å². The number of aryl methyl sites for hydroxylation is 1. The molecule has 25 heavy (non-hydrogen) atoms. The molecule has 3 heterocycles. The zero-order valence-corrected chi connectivity index (χ0v) is 13.7. The lowest BCUT2D eigenvalue weighted by Crippen LogP contribution is -2.40. The molecule has 2 aromatic rings. The van der Waals surface area contributed by atoms with Crippen molar-refractivity contribution < 1.29 is 23.1 Å². The van der Waals surface area contributed by atoms with E-state index in [4.69, 9.17) is 0 Å². The number of nitrogens with zero attached hydrogens (tertiary/aromatic N) is 4. The highest BCUT2D eigenvalue weighted by Crippen LogP contribution is 2.77. The van der Waals surface area contributed by atoms with Crippen LogP contribution in [-0.4, -0.2) is 44.4 Å². The van der Waals surface area contributed by atoms with Crippen molar-refractivity contribution in [1.29, 1.82) is 0 Å². The molecule has 0 amide bonds. The molecule has 0 aromatic carbocycles. The van der Waals surface area contributed by atoms with Crippen molar-refractivity contribution in [3.63, 3.8) is 0 Å². The Balaban J connectivity index is 1.89. The molecule has 2 aromatic heterocycles. The van der Waals surface area contributed by atoms with E-state index < -0.39 is 29.0 Å². The molecule has 1 aliphatic heterocycles. The monoisotopic (exact) mass is 354 g/mol. The van der Waals surface area contributed by atoms with Crippen molar-refractivity contribution in [2.45, 2.75) is 38.9 Å². The van der Waals surface area contributed by atoms with E-state index in [1.807, 2.05) is 6.92 Å². The number of aliphatic carboxylic acids is 1. The Morgan fingerprint density at radius 1 is 1.48 bits per heavy atom. The normalized spacial score (nSPS) is 31.4. The number of fused-ring (bicyclic) bond motifs is 2. The minimum absolute atomic E-state index is 0.304. The lowest BCUT2D eigenvalue weighted by atomic mass is 9.88. The second-order valence-corrected chi connectivity index (χ2v) is 7.02. The summed E-state index contributed by atoms with van der Waals surface area (Å²) >= 11 is 0. The van der Waals surface area contributed by atoms with Crippen LogP contribution in [0.25, 0.3) is 5.65 Å². The number of pyridine rings is 1. The summed E-state index contributed by atoms with van der Waals surface area (Å²) < 4.78 is 42.9. The van der Waals surface area contributed by atoms with Gasteiger partial charge in [-0.05, 0) is 31.4 Å². The molecular weight excluding hydrogens is 337 g/mol. The van der Waals surface area contributed by atoms with E-state index in [0.29, 0.717) is 17.8 Å². The average molecular weight is 354 g/mol. The molecular formula is C16H17F3N4O2. The standard InChI is InChI=1S/C16H17F3N4O2/c1-3-11-15(13(24)25)6-14(15,16(17,18)19)7-22(11)10-4-9(2)5-23-12(10)20-8-21-23/h4-5,8,11H,3,6-7H2,1-2H3,(H,24,25). The molecule has 2 fully saturated rings. The van der Waals surface area contributed by atoms with Gasteiger partial charge in [-0.15, -0.1) is 0 Å². The van der Waals surface area contributed by atoms with Crippen molar-refractivity contribution in [1.82, 2.24) is 14.6 Å². The van der Waals surface area contributed by atoms with Crippen LogP contribution in [0.15, 0.2) is 18.6 Å². The fraction of sp³-hybridized carbons (Fsp3) is 0.562. The SMILES string of the molecule is CCC1N(c2cc(C)cn3ncnc23)CC2(C(F)(F)F)CC12C(=O)O. The molecule has 0 spiro atoms. The van der Waals surface area contributed by atoms with E-state index in [1.165, 1.54) is 10.8 Å². The fourth-order valence-corrected chi connectivity index (χ4v) is 4.67. The van der Waals surface area contributed by atoms with Gasteiger partial charge in [-0.25, -0.2) is 9.50 Å². The van der Waals surface area contributed by atoms with Crippen LogP contribution in [0.5, 0.6) is 0 Å². The Morgan fingerprint density at radius 2 is 2.20 bits per heavy atom. The van der Waals surface area contributed by atoms with Crippen LogP contribution in [0, 0.1) is 17.8 Å². The van der Waals surface area contributed by atoms with E-state index in [2.05, 4.69) is 10.1 Å². The zero-order chi connectivity index (χ0) is 18.2. The summed E-state index contributed by atoms with van der Waals surface area (Å²) in [6, 6.07) is 1.01. The van der Waals surface area contributed by atoms with Crippen LogP contribution in [0.2, 0.25) is 0 Å². The van der Waals surface area contributed by atoms with Gasteiger partial charge in [0.05, 0.1) is 5.69 Å². The predicted molar refractivity (Wildman–Crippen MR) is 82.3 cm³/mol. The number of halogens is 3. The van der Waals surface area contributed by atoms with E-state index in [9.17, 15) is 23.1 Å². The number of piperidine rings is 1. The summed E-state index contributed by atoms with van der Waals surface area (Å²) in [5.41, 5.74) is -2.24. The van der Waals surface area contributed by atoms with Crippen LogP contribution >= 0.6 is 0 Å². The summed E-state index contributed by atoms with van der Waals surface area (Å²) in [6.45, 7) is 3.17. The summed E-state index contributed by atoms with van der Waals surface area (Å²) in [7, 11) is 0. The van der Waals surface area contributed by atoms with Gasteiger partial charge < -0.3 is 10.0 Å². The van der Waals surface area contributed by atoms with Crippen molar-refractivity contribution in [3.05, 3.63) is 24.2 Å². The summed E-state index contributed by atoms with van der Waals surface area (Å²) in [5.74, 6) is -1.37. The first-order valence-electron chi connectivity index (χ1n) is 8.05. The summed E-state index contributed by atoms with van der Waals surface area (Å²) in [4.78, 5) is 17.6. The molecule has 0 bridgehead atoms. The number of hydrogen-bond donors (Lipinski definition) is 1. The Morgan fingerprint density at radius 3 is 2.80 bits per heavy atom. The van der Waals surface area contributed by atoms with Gasteiger partial charge in [-0.3, -0.25) is 4.79 Å². The maximum Gasteiger partial charge on any atom is 0.397 e. The second-order valence-electron chi connectivity index (χ2n) is 7.02. The quantitative estimate of drug-likeness (QED) is 0.918. The number of anilines is 1. The minimum atomic E-state index is -4.57. The third-order valence-electron chi connectivity index (χ3n) is 5.81. The number of aromatic nitrogens is 3. The molecule has 6 nitrogen and oxygen atoms in total. The number of carboxylic acid groups (broad SMARTS) is 1. The van der Waals surface area contributed by atoms with Gasteiger partial charge in [0.2, 0.25) is 0 Å². The van der Waals surface area contributed by atoms with Crippen LogP contribution in [0.3, 0.4) is 0 Å². The molecule has 1 saturated heterocycles. The molecule has 1 aliphatic carbocycles. The number of rotatable bonds is 3. The summed E-state index contributed by atoms with van der Waals surface area (Å²) in [6.07, 6.45) is -1.55. The highest BCUT2D eigenvalue weighted by Gasteiger charge is 2.89. The lowest BCUT2D eigenvalue weighted by Gasteiger charge is -2.31. The second kappa shape index (κ2) is 4.64. The molecule has 1 N–H and O–H groups in total. The molecule has 3 unspecified atom stereocenters. The van der Waals surface area contributed by atoms with Crippen molar-refractivity contribution >= 4 is 17.3 Å². The smallest absolute Gasteiger partial charge is 0.397 e. The first-order chi connectivity index (χ1) is 11.7. The van der Waals surface area contributed by atoms with Gasteiger partial charge >= 0.3 is 12.1 Å². The number of carboxylic acids is 1.